The molecule has 1 aliphatic heterocycles. The van der Waals surface area contributed by atoms with E-state index in [1.807, 2.05) is 13.1 Å². The van der Waals surface area contributed by atoms with Crippen molar-refractivity contribution in [3.8, 4) is 22.8 Å². The van der Waals surface area contributed by atoms with E-state index in [-0.39, 0.29) is 28.1 Å². The van der Waals surface area contributed by atoms with Gasteiger partial charge in [-0.1, -0.05) is 0 Å². The Bertz CT molecular complexity index is 959. The number of phenolic OH excluding ortho intramolecular Hbond substituents is 2. The molecule has 1 fully saturated rings. The van der Waals surface area contributed by atoms with E-state index in [4.69, 9.17) is 11.1 Å². The highest BCUT2D eigenvalue weighted by molar-refractivity contribution is 6.08. The van der Waals surface area contributed by atoms with Gasteiger partial charge in [-0.25, -0.2) is 0 Å². The Labute approximate surface area is 183 Å². The molecule has 1 saturated heterocycles. The maximum absolute atomic E-state index is 10.5. The summed E-state index contributed by atoms with van der Waals surface area (Å²) in [4.78, 5) is 2.15. The molecule has 6 N–H and O–H groups in total. The Balaban J connectivity index is 1.87. The second kappa shape index (κ2) is 8.19. The second-order valence-electron chi connectivity index (χ2n) is 9.50. The summed E-state index contributed by atoms with van der Waals surface area (Å²) in [5.74, 6) is 0.414. The molecule has 3 rings (SSSR count). The summed E-state index contributed by atoms with van der Waals surface area (Å²) in [6.07, 6.45) is 4.25. The smallest absolute Gasteiger partial charge is 0.151 e. The largest absolute Gasteiger partial charge is 0.507 e. The lowest BCUT2D eigenvalue weighted by Crippen LogP contribution is -2.62. The Morgan fingerprint density at radius 1 is 1.13 bits per heavy atom. The maximum atomic E-state index is 10.5. The molecule has 0 bridgehead atoms. The van der Waals surface area contributed by atoms with Crippen LogP contribution in [0.4, 0.5) is 5.82 Å². The van der Waals surface area contributed by atoms with Crippen molar-refractivity contribution in [3.05, 3.63) is 36.0 Å². The number of nitrogens with one attached hydrogen (secondary N) is 2. The summed E-state index contributed by atoms with van der Waals surface area (Å²) in [7, 11) is 2.02. The Hall–Kier alpha value is -3.13. The van der Waals surface area contributed by atoms with E-state index >= 15 is 0 Å². The van der Waals surface area contributed by atoms with Gasteiger partial charge in [0.25, 0.3) is 0 Å². The lowest BCUT2D eigenvalue weighted by atomic mass is 9.79. The molecule has 166 valence electrons. The highest BCUT2D eigenvalue weighted by Crippen LogP contribution is 2.39. The first kappa shape index (κ1) is 22.6. The average molecular weight is 425 g/mol. The van der Waals surface area contributed by atoms with Gasteiger partial charge in [0.2, 0.25) is 0 Å². The third-order valence-corrected chi connectivity index (χ3v) is 5.75. The highest BCUT2D eigenvalue weighted by atomic mass is 16.3. The monoisotopic (exact) mass is 424 g/mol. The van der Waals surface area contributed by atoms with Crippen molar-refractivity contribution in [2.45, 2.75) is 57.7 Å². The third kappa shape index (κ3) is 4.80. The van der Waals surface area contributed by atoms with Gasteiger partial charge in [0.1, 0.15) is 17.2 Å². The number of piperidine rings is 1. The molecule has 0 spiro atoms. The lowest BCUT2D eigenvalue weighted by molar-refractivity contribution is 0.160. The molecule has 0 aliphatic carbocycles. The molecular formula is C23H32N6O2. The van der Waals surface area contributed by atoms with Gasteiger partial charge in [0.15, 0.2) is 5.82 Å². The first-order chi connectivity index (χ1) is 14.5. The first-order valence-electron chi connectivity index (χ1n) is 10.3. The molecule has 0 radical (unpaired) electrons. The predicted octanol–water partition coefficient (Wildman–Crippen LogP) is 3.25. The van der Waals surface area contributed by atoms with E-state index in [1.165, 1.54) is 18.3 Å². The van der Waals surface area contributed by atoms with Crippen LogP contribution in [0.15, 0.2) is 30.5 Å². The van der Waals surface area contributed by atoms with Crippen LogP contribution in [0.3, 0.4) is 0 Å². The van der Waals surface area contributed by atoms with Crippen molar-refractivity contribution < 1.29 is 10.2 Å². The number of benzene rings is 1. The summed E-state index contributed by atoms with van der Waals surface area (Å²) in [5.41, 5.74) is 6.90. The lowest BCUT2D eigenvalue weighted by Gasteiger charge is -2.49. The van der Waals surface area contributed by atoms with Crippen LogP contribution in [0.1, 0.15) is 46.1 Å². The van der Waals surface area contributed by atoms with Gasteiger partial charge in [-0.15, -0.1) is 10.2 Å². The molecule has 1 aromatic heterocycles. The number of hydrogen-bond donors (Lipinski definition) is 5. The van der Waals surface area contributed by atoms with Crippen LogP contribution in [-0.4, -0.2) is 50.8 Å². The molecule has 2 heterocycles. The topological polar surface area (TPSA) is 131 Å². The summed E-state index contributed by atoms with van der Waals surface area (Å²) in [6.45, 7) is 8.84. The van der Waals surface area contributed by atoms with E-state index in [0.29, 0.717) is 22.9 Å². The number of rotatable bonds is 5. The van der Waals surface area contributed by atoms with Crippen molar-refractivity contribution in [2.75, 3.05) is 11.9 Å². The second-order valence-corrected chi connectivity index (χ2v) is 9.50. The molecule has 0 saturated carbocycles. The number of anilines is 1. The minimum Gasteiger partial charge on any atom is -0.507 e. The summed E-state index contributed by atoms with van der Waals surface area (Å²) in [5, 5.41) is 40.6. The fourth-order valence-electron chi connectivity index (χ4n) is 4.64. The molecule has 0 unspecified atom stereocenters. The summed E-state index contributed by atoms with van der Waals surface area (Å²) < 4.78 is 0. The fraction of sp³-hybridized carbons (Fsp3) is 0.435. The number of aromatic hydroxyl groups is 2. The number of hydrogen-bond acceptors (Lipinski definition) is 8. The Morgan fingerprint density at radius 2 is 1.71 bits per heavy atom. The molecule has 2 aromatic rings. The Morgan fingerprint density at radius 3 is 2.16 bits per heavy atom. The van der Waals surface area contributed by atoms with Gasteiger partial charge in [-0.2, -0.15) is 0 Å². The van der Waals surface area contributed by atoms with Crippen molar-refractivity contribution in [3.63, 3.8) is 0 Å². The molecule has 1 aromatic carbocycles. The van der Waals surface area contributed by atoms with Crippen LogP contribution in [0.25, 0.3) is 16.8 Å². The molecule has 0 amide bonds. The predicted molar refractivity (Wildman–Crippen MR) is 124 cm³/mol. The van der Waals surface area contributed by atoms with Gasteiger partial charge < -0.3 is 31.6 Å². The van der Waals surface area contributed by atoms with Crippen molar-refractivity contribution in [2.24, 2.45) is 5.73 Å². The molecule has 1 aliphatic rings. The molecule has 8 nitrogen and oxygen atoms in total. The number of phenols is 2. The van der Waals surface area contributed by atoms with Gasteiger partial charge in [0, 0.05) is 42.2 Å². The zero-order chi connectivity index (χ0) is 23.0. The number of nitrogens with zero attached hydrogens (tertiary/aromatic N) is 3. The SMILES string of the molecule is CN(c1ccc(-c2c(O)cc(/C(C=N)=C/N)cc2O)nn1)C1CC(C)(C)NC(C)(C)C1. The van der Waals surface area contributed by atoms with Crippen LogP contribution >= 0.6 is 0 Å². The van der Waals surface area contributed by atoms with E-state index in [2.05, 4.69) is 48.1 Å². The molecular weight excluding hydrogens is 392 g/mol. The Kier molecular flexibility index (Phi) is 5.96. The third-order valence-electron chi connectivity index (χ3n) is 5.75. The normalized spacial score (nSPS) is 18.5. The highest BCUT2D eigenvalue weighted by Gasteiger charge is 2.39. The van der Waals surface area contributed by atoms with Crippen molar-refractivity contribution in [1.29, 1.82) is 5.41 Å². The van der Waals surface area contributed by atoms with Gasteiger partial charge >= 0.3 is 0 Å². The van der Waals surface area contributed by atoms with Crippen LogP contribution in [-0.2, 0) is 0 Å². The first-order valence-corrected chi connectivity index (χ1v) is 10.3. The summed E-state index contributed by atoms with van der Waals surface area (Å²) in [6, 6.07) is 6.77. The van der Waals surface area contributed by atoms with Gasteiger partial charge in [-0.05, 0) is 70.4 Å². The van der Waals surface area contributed by atoms with Crippen LogP contribution < -0.4 is 16.0 Å². The van der Waals surface area contributed by atoms with Gasteiger partial charge in [-0.3, -0.25) is 0 Å². The number of nitrogens with two attached hydrogens (primary N) is 1. The van der Waals surface area contributed by atoms with Gasteiger partial charge in [0.05, 0.1) is 5.56 Å². The van der Waals surface area contributed by atoms with Crippen LogP contribution in [0.5, 0.6) is 11.5 Å². The average Bonchev–Trinajstić information content (AvgIpc) is 2.66. The minimum absolute atomic E-state index is 0.0146. The maximum Gasteiger partial charge on any atom is 0.151 e. The zero-order valence-electron chi connectivity index (χ0n) is 18.8. The van der Waals surface area contributed by atoms with E-state index in [1.54, 1.807) is 6.07 Å². The quantitative estimate of drug-likeness (QED) is 0.466. The van der Waals surface area contributed by atoms with Crippen LogP contribution in [0.2, 0.25) is 0 Å². The molecule has 0 atom stereocenters. The summed E-state index contributed by atoms with van der Waals surface area (Å²) >= 11 is 0. The van der Waals surface area contributed by atoms with E-state index in [9.17, 15) is 10.2 Å². The fourth-order valence-corrected chi connectivity index (χ4v) is 4.64. The van der Waals surface area contributed by atoms with Crippen LogP contribution in [0, 0.1) is 5.41 Å². The van der Waals surface area contributed by atoms with Crippen molar-refractivity contribution in [1.82, 2.24) is 15.5 Å². The van der Waals surface area contributed by atoms with E-state index < -0.39 is 0 Å². The zero-order valence-corrected chi connectivity index (χ0v) is 18.8. The van der Waals surface area contributed by atoms with Crippen molar-refractivity contribution >= 4 is 17.6 Å². The molecule has 8 heteroatoms. The number of aromatic nitrogens is 2. The minimum atomic E-state index is -0.159. The number of allylic oxidation sites excluding steroid dienone is 1. The molecule has 31 heavy (non-hydrogen) atoms. The standard InChI is InChI=1S/C23H32N6O2/c1-22(2)10-16(11-23(3,4)28-22)29(5)20-7-6-17(26-27-20)21-18(30)8-14(9-19(21)31)15(12-24)13-25/h6-9,12-13,16,24,28,30-31H,10-11,25H2,1-5H3/b15-13+,24-12?. The van der Waals surface area contributed by atoms with E-state index in [0.717, 1.165) is 24.9 Å².